The second-order valence-corrected chi connectivity index (χ2v) is 6.29. The summed E-state index contributed by atoms with van der Waals surface area (Å²) in [4.78, 5) is 2.75. The SMILES string of the molecule is NC1CCN(C2CCCC(C3CC3)C2)CC1. The van der Waals surface area contributed by atoms with Gasteiger partial charge in [-0.3, -0.25) is 0 Å². The van der Waals surface area contributed by atoms with Gasteiger partial charge in [-0.15, -0.1) is 0 Å². The average Bonchev–Trinajstić information content (AvgIpc) is 3.14. The molecule has 0 spiro atoms. The molecule has 2 unspecified atom stereocenters. The number of likely N-dealkylation sites (tertiary alicyclic amines) is 1. The lowest BCUT2D eigenvalue weighted by molar-refractivity contribution is 0.0974. The number of nitrogens with two attached hydrogens (primary N) is 1. The Morgan fingerprint density at radius 3 is 2.25 bits per heavy atom. The van der Waals surface area contributed by atoms with Crippen LogP contribution in [0, 0.1) is 11.8 Å². The van der Waals surface area contributed by atoms with E-state index in [-0.39, 0.29) is 0 Å². The zero-order chi connectivity index (χ0) is 11.0. The fourth-order valence-corrected chi connectivity index (χ4v) is 3.81. The summed E-state index contributed by atoms with van der Waals surface area (Å²) in [7, 11) is 0. The summed E-state index contributed by atoms with van der Waals surface area (Å²) in [6, 6.07) is 1.39. The smallest absolute Gasteiger partial charge is 0.00980 e. The molecule has 3 fully saturated rings. The minimum absolute atomic E-state index is 0.485. The van der Waals surface area contributed by atoms with Gasteiger partial charge in [0.2, 0.25) is 0 Å². The Bertz CT molecular complexity index is 229. The lowest BCUT2D eigenvalue weighted by Gasteiger charge is -2.41. The number of piperidine rings is 1. The molecule has 0 amide bonds. The Balaban J connectivity index is 1.53. The van der Waals surface area contributed by atoms with E-state index in [1.54, 1.807) is 0 Å². The van der Waals surface area contributed by atoms with Crippen LogP contribution in [0.1, 0.15) is 51.4 Å². The molecule has 1 saturated heterocycles. The summed E-state index contributed by atoms with van der Waals surface area (Å²) in [5.41, 5.74) is 5.99. The van der Waals surface area contributed by atoms with Gasteiger partial charge in [0.25, 0.3) is 0 Å². The molecule has 2 atom stereocenters. The highest BCUT2D eigenvalue weighted by Crippen LogP contribution is 2.44. The molecule has 2 saturated carbocycles. The predicted molar refractivity (Wildman–Crippen MR) is 67.3 cm³/mol. The van der Waals surface area contributed by atoms with E-state index >= 15 is 0 Å². The van der Waals surface area contributed by atoms with Crippen LogP contribution in [0.4, 0.5) is 0 Å². The van der Waals surface area contributed by atoms with Crippen molar-refractivity contribution in [2.75, 3.05) is 13.1 Å². The molecule has 0 aromatic rings. The van der Waals surface area contributed by atoms with Crippen molar-refractivity contribution in [1.29, 1.82) is 0 Å². The molecular formula is C14H26N2. The number of rotatable bonds is 2. The van der Waals surface area contributed by atoms with Gasteiger partial charge >= 0.3 is 0 Å². The molecule has 2 N–H and O–H groups in total. The molecule has 2 heteroatoms. The Morgan fingerprint density at radius 1 is 0.812 bits per heavy atom. The first kappa shape index (κ1) is 11.0. The number of hydrogen-bond acceptors (Lipinski definition) is 2. The van der Waals surface area contributed by atoms with Crippen molar-refractivity contribution in [3.05, 3.63) is 0 Å². The molecular weight excluding hydrogens is 196 g/mol. The van der Waals surface area contributed by atoms with Crippen LogP contribution in [0.25, 0.3) is 0 Å². The van der Waals surface area contributed by atoms with Gasteiger partial charge in [-0.25, -0.2) is 0 Å². The third kappa shape index (κ3) is 2.43. The summed E-state index contributed by atoms with van der Waals surface area (Å²) in [5, 5.41) is 0. The molecule has 3 rings (SSSR count). The molecule has 0 bridgehead atoms. The van der Waals surface area contributed by atoms with Gasteiger partial charge < -0.3 is 10.6 Å². The van der Waals surface area contributed by atoms with Crippen LogP contribution in [0.3, 0.4) is 0 Å². The van der Waals surface area contributed by atoms with Crippen LogP contribution in [0.5, 0.6) is 0 Å². The van der Waals surface area contributed by atoms with Crippen molar-refractivity contribution in [3.8, 4) is 0 Å². The van der Waals surface area contributed by atoms with Gasteiger partial charge in [0.05, 0.1) is 0 Å². The van der Waals surface area contributed by atoms with E-state index in [0.717, 1.165) is 17.9 Å². The highest BCUT2D eigenvalue weighted by molar-refractivity contribution is 4.90. The molecule has 2 nitrogen and oxygen atoms in total. The molecule has 1 aliphatic heterocycles. The Kier molecular flexibility index (Phi) is 3.21. The van der Waals surface area contributed by atoms with E-state index in [2.05, 4.69) is 4.90 Å². The number of nitrogens with zero attached hydrogens (tertiary/aromatic N) is 1. The maximum absolute atomic E-state index is 5.99. The van der Waals surface area contributed by atoms with Crippen LogP contribution in [0.2, 0.25) is 0 Å². The average molecular weight is 222 g/mol. The topological polar surface area (TPSA) is 29.3 Å². The van der Waals surface area contributed by atoms with E-state index in [1.165, 1.54) is 64.5 Å². The van der Waals surface area contributed by atoms with Gasteiger partial charge in [0.15, 0.2) is 0 Å². The lowest BCUT2D eigenvalue weighted by atomic mass is 9.81. The molecule has 0 radical (unpaired) electrons. The normalized spacial score (nSPS) is 38.8. The minimum atomic E-state index is 0.485. The standard InChI is InChI=1S/C14H26N2/c15-13-6-8-16(9-7-13)14-3-1-2-12(10-14)11-4-5-11/h11-14H,1-10,15H2. The molecule has 16 heavy (non-hydrogen) atoms. The maximum Gasteiger partial charge on any atom is 0.00980 e. The lowest BCUT2D eigenvalue weighted by Crippen LogP contribution is -2.46. The van der Waals surface area contributed by atoms with E-state index in [4.69, 9.17) is 5.73 Å². The maximum atomic E-state index is 5.99. The molecule has 0 aromatic carbocycles. The van der Waals surface area contributed by atoms with Crippen LogP contribution < -0.4 is 5.73 Å². The highest BCUT2D eigenvalue weighted by Gasteiger charge is 2.36. The molecule has 92 valence electrons. The minimum Gasteiger partial charge on any atom is -0.328 e. The first-order valence-electron chi connectivity index (χ1n) is 7.32. The van der Waals surface area contributed by atoms with Crippen molar-refractivity contribution >= 4 is 0 Å². The van der Waals surface area contributed by atoms with E-state index < -0.39 is 0 Å². The van der Waals surface area contributed by atoms with Crippen LogP contribution in [0.15, 0.2) is 0 Å². The molecule has 3 aliphatic rings. The first-order valence-corrected chi connectivity index (χ1v) is 7.32. The Labute approximate surface area is 99.6 Å². The number of hydrogen-bond donors (Lipinski definition) is 1. The highest BCUT2D eigenvalue weighted by atomic mass is 15.2. The second-order valence-electron chi connectivity index (χ2n) is 6.29. The van der Waals surface area contributed by atoms with Crippen molar-refractivity contribution in [2.24, 2.45) is 17.6 Å². The van der Waals surface area contributed by atoms with Crippen LogP contribution >= 0.6 is 0 Å². The van der Waals surface area contributed by atoms with Crippen LogP contribution in [-0.2, 0) is 0 Å². The summed E-state index contributed by atoms with van der Waals surface area (Å²) in [5.74, 6) is 2.20. The van der Waals surface area contributed by atoms with Gasteiger partial charge in [0.1, 0.15) is 0 Å². The van der Waals surface area contributed by atoms with Gasteiger partial charge in [0, 0.05) is 12.1 Å². The molecule has 2 aliphatic carbocycles. The first-order chi connectivity index (χ1) is 7.83. The summed E-state index contributed by atoms with van der Waals surface area (Å²) >= 11 is 0. The van der Waals surface area contributed by atoms with Crippen LogP contribution in [-0.4, -0.2) is 30.1 Å². The quantitative estimate of drug-likeness (QED) is 0.777. The third-order valence-corrected chi connectivity index (χ3v) is 5.07. The van der Waals surface area contributed by atoms with Crippen molar-refractivity contribution < 1.29 is 0 Å². The van der Waals surface area contributed by atoms with E-state index in [1.807, 2.05) is 0 Å². The second kappa shape index (κ2) is 4.66. The zero-order valence-electron chi connectivity index (χ0n) is 10.4. The molecule has 1 heterocycles. The molecule has 0 aromatic heterocycles. The van der Waals surface area contributed by atoms with Gasteiger partial charge in [-0.05, 0) is 63.5 Å². The summed E-state index contributed by atoms with van der Waals surface area (Å²) in [6.45, 7) is 2.53. The fourth-order valence-electron chi connectivity index (χ4n) is 3.81. The third-order valence-electron chi connectivity index (χ3n) is 5.07. The van der Waals surface area contributed by atoms with E-state index in [9.17, 15) is 0 Å². The Morgan fingerprint density at radius 2 is 1.56 bits per heavy atom. The zero-order valence-corrected chi connectivity index (χ0v) is 10.4. The van der Waals surface area contributed by atoms with Crippen molar-refractivity contribution in [2.45, 2.75) is 63.5 Å². The van der Waals surface area contributed by atoms with Gasteiger partial charge in [-0.2, -0.15) is 0 Å². The summed E-state index contributed by atoms with van der Waals surface area (Å²) in [6.07, 6.45) is 11.5. The van der Waals surface area contributed by atoms with Crippen molar-refractivity contribution in [3.63, 3.8) is 0 Å². The fraction of sp³-hybridized carbons (Fsp3) is 1.00. The largest absolute Gasteiger partial charge is 0.328 e. The monoisotopic (exact) mass is 222 g/mol. The predicted octanol–water partition coefficient (Wildman–Crippen LogP) is 2.38. The summed E-state index contributed by atoms with van der Waals surface area (Å²) < 4.78 is 0. The van der Waals surface area contributed by atoms with E-state index in [0.29, 0.717) is 6.04 Å². The van der Waals surface area contributed by atoms with Gasteiger partial charge in [-0.1, -0.05) is 12.8 Å². The van der Waals surface area contributed by atoms with Crippen molar-refractivity contribution in [1.82, 2.24) is 4.90 Å². The Hall–Kier alpha value is -0.0800.